The first-order valence-electron chi connectivity index (χ1n) is 8.16. The van der Waals surface area contributed by atoms with Gasteiger partial charge in [0.2, 0.25) is 5.91 Å². The van der Waals surface area contributed by atoms with E-state index in [9.17, 15) is 4.79 Å². The molecule has 23 heavy (non-hydrogen) atoms. The zero-order valence-corrected chi connectivity index (χ0v) is 14.1. The lowest BCUT2D eigenvalue weighted by Gasteiger charge is -2.36. The molecule has 1 amide bonds. The van der Waals surface area contributed by atoms with Gasteiger partial charge in [0.1, 0.15) is 12.4 Å². The van der Waals surface area contributed by atoms with Gasteiger partial charge in [0, 0.05) is 32.7 Å². The fourth-order valence-corrected chi connectivity index (χ4v) is 4.34. The minimum absolute atomic E-state index is 0.0707. The highest BCUT2D eigenvalue weighted by Gasteiger charge is 2.36. The second kappa shape index (κ2) is 6.05. The van der Waals surface area contributed by atoms with Gasteiger partial charge in [-0.25, -0.2) is 9.97 Å². The number of fused-ring (bicyclic) bond motifs is 1. The summed E-state index contributed by atoms with van der Waals surface area (Å²) in [7, 11) is 2.11. The van der Waals surface area contributed by atoms with Crippen molar-refractivity contribution in [2.75, 3.05) is 44.7 Å². The number of rotatable bonds is 2. The summed E-state index contributed by atoms with van der Waals surface area (Å²) in [5.74, 6) is 1.19. The number of nitrogens with zero attached hydrogens (tertiary/aromatic N) is 5. The number of anilines is 1. The van der Waals surface area contributed by atoms with Crippen molar-refractivity contribution in [3.63, 3.8) is 0 Å². The Morgan fingerprint density at radius 3 is 2.87 bits per heavy atom. The largest absolute Gasteiger partial charge is 0.343 e. The molecule has 0 saturated carbocycles. The highest BCUT2D eigenvalue weighted by Crippen LogP contribution is 2.33. The van der Waals surface area contributed by atoms with Crippen LogP contribution < -0.4 is 4.90 Å². The topological polar surface area (TPSA) is 52.6 Å². The first-order valence-corrected chi connectivity index (χ1v) is 9.04. The number of aromatic nitrogens is 2. The van der Waals surface area contributed by atoms with Crippen LogP contribution in [0.1, 0.15) is 12.8 Å². The van der Waals surface area contributed by atoms with E-state index in [1.807, 2.05) is 16.3 Å². The molecular weight excluding hydrogens is 310 g/mol. The summed E-state index contributed by atoms with van der Waals surface area (Å²) in [5.41, 5.74) is 0.970. The Hall–Kier alpha value is -1.73. The maximum absolute atomic E-state index is 13.0. The fraction of sp³-hybridized carbons (Fsp3) is 0.562. The SMILES string of the molecule is CN1CCN(C(=O)[C@@H]2CCCN2c2ncnc3ccsc23)CC1. The lowest BCUT2D eigenvalue weighted by molar-refractivity contribution is -0.134. The molecule has 122 valence electrons. The molecule has 2 aliphatic heterocycles. The van der Waals surface area contributed by atoms with Crippen molar-refractivity contribution >= 4 is 33.3 Å². The van der Waals surface area contributed by atoms with Gasteiger partial charge in [-0.2, -0.15) is 0 Å². The Kier molecular flexibility index (Phi) is 3.90. The van der Waals surface area contributed by atoms with Gasteiger partial charge in [0.25, 0.3) is 0 Å². The average Bonchev–Trinajstić information content (AvgIpc) is 3.23. The van der Waals surface area contributed by atoms with Crippen molar-refractivity contribution < 1.29 is 4.79 Å². The summed E-state index contributed by atoms with van der Waals surface area (Å²) >= 11 is 1.65. The molecule has 7 heteroatoms. The van der Waals surface area contributed by atoms with Gasteiger partial charge in [-0.05, 0) is 31.3 Å². The second-order valence-corrected chi connectivity index (χ2v) is 7.23. The molecule has 2 fully saturated rings. The Labute approximate surface area is 139 Å². The molecule has 2 aromatic heterocycles. The number of hydrogen-bond acceptors (Lipinski definition) is 6. The molecule has 6 nitrogen and oxygen atoms in total. The van der Waals surface area contributed by atoms with Crippen molar-refractivity contribution in [1.82, 2.24) is 19.8 Å². The zero-order valence-electron chi connectivity index (χ0n) is 13.3. The van der Waals surface area contributed by atoms with Crippen LogP contribution in [0.5, 0.6) is 0 Å². The summed E-state index contributed by atoms with van der Waals surface area (Å²) in [5, 5.41) is 2.04. The molecule has 2 aromatic rings. The zero-order chi connectivity index (χ0) is 15.8. The molecule has 0 spiro atoms. The number of piperazine rings is 1. The van der Waals surface area contributed by atoms with E-state index < -0.39 is 0 Å². The number of likely N-dealkylation sites (N-methyl/N-ethyl adjacent to an activating group) is 1. The van der Waals surface area contributed by atoms with Crippen LogP contribution in [0.25, 0.3) is 10.2 Å². The van der Waals surface area contributed by atoms with Gasteiger partial charge in [0.05, 0.1) is 10.2 Å². The van der Waals surface area contributed by atoms with Gasteiger partial charge in [-0.1, -0.05) is 0 Å². The van der Waals surface area contributed by atoms with E-state index >= 15 is 0 Å². The van der Waals surface area contributed by atoms with E-state index in [0.717, 1.165) is 61.6 Å². The van der Waals surface area contributed by atoms with E-state index in [1.165, 1.54) is 0 Å². The average molecular weight is 331 g/mol. The Morgan fingerprint density at radius 1 is 1.22 bits per heavy atom. The normalized spacial score (nSPS) is 22.9. The molecule has 0 bridgehead atoms. The molecule has 0 aromatic carbocycles. The summed E-state index contributed by atoms with van der Waals surface area (Å²) < 4.78 is 1.09. The molecule has 1 atom stereocenters. The first kappa shape index (κ1) is 14.8. The van der Waals surface area contributed by atoms with Gasteiger partial charge < -0.3 is 14.7 Å². The second-order valence-electron chi connectivity index (χ2n) is 6.31. The lowest BCUT2D eigenvalue weighted by atomic mass is 10.1. The molecule has 4 heterocycles. The fourth-order valence-electron chi connectivity index (χ4n) is 3.49. The van der Waals surface area contributed by atoms with Gasteiger partial charge >= 0.3 is 0 Å². The van der Waals surface area contributed by atoms with Crippen LogP contribution in [0.3, 0.4) is 0 Å². The van der Waals surface area contributed by atoms with Crippen LogP contribution in [0.4, 0.5) is 5.82 Å². The van der Waals surface area contributed by atoms with Crippen molar-refractivity contribution in [2.45, 2.75) is 18.9 Å². The van der Waals surface area contributed by atoms with Crippen molar-refractivity contribution in [1.29, 1.82) is 0 Å². The Morgan fingerprint density at radius 2 is 2.04 bits per heavy atom. The molecule has 0 radical (unpaired) electrons. The molecule has 0 aliphatic carbocycles. The summed E-state index contributed by atoms with van der Waals surface area (Å²) in [6, 6.07) is 1.94. The monoisotopic (exact) mass is 331 g/mol. The van der Waals surface area contributed by atoms with Crippen LogP contribution in [-0.4, -0.2) is 71.5 Å². The standard InChI is InChI=1S/C16H21N5OS/c1-19-6-8-20(9-7-19)16(22)13-3-2-5-21(13)15-14-12(4-10-23-14)17-11-18-15/h4,10-11,13H,2-3,5-9H2,1H3/t13-/m0/s1. The lowest BCUT2D eigenvalue weighted by Crippen LogP contribution is -2.53. The predicted molar refractivity (Wildman–Crippen MR) is 91.9 cm³/mol. The van der Waals surface area contributed by atoms with Crippen molar-refractivity contribution in [2.24, 2.45) is 0 Å². The minimum Gasteiger partial charge on any atom is -0.343 e. The van der Waals surface area contributed by atoms with Gasteiger partial charge in [0.15, 0.2) is 5.82 Å². The maximum Gasteiger partial charge on any atom is 0.245 e. The minimum atomic E-state index is -0.0707. The third-order valence-electron chi connectivity index (χ3n) is 4.85. The molecule has 0 N–H and O–H groups in total. The van der Waals surface area contributed by atoms with Crippen molar-refractivity contribution in [3.05, 3.63) is 17.8 Å². The summed E-state index contributed by atoms with van der Waals surface area (Å²) in [6.45, 7) is 4.48. The quantitative estimate of drug-likeness (QED) is 0.833. The first-order chi connectivity index (χ1) is 11.2. The smallest absolute Gasteiger partial charge is 0.245 e. The molecule has 4 rings (SSSR count). The molecule has 0 unspecified atom stereocenters. The van der Waals surface area contributed by atoms with E-state index in [-0.39, 0.29) is 11.9 Å². The van der Waals surface area contributed by atoms with Gasteiger partial charge in [-0.3, -0.25) is 4.79 Å². The highest BCUT2D eigenvalue weighted by molar-refractivity contribution is 7.17. The third kappa shape index (κ3) is 2.68. The Bertz CT molecular complexity index is 709. The van der Waals surface area contributed by atoms with E-state index in [1.54, 1.807) is 17.7 Å². The van der Waals surface area contributed by atoms with E-state index in [2.05, 4.69) is 26.8 Å². The van der Waals surface area contributed by atoms with Crippen LogP contribution in [0.15, 0.2) is 17.8 Å². The molecule has 2 aliphatic rings. The number of carbonyl (C=O) groups is 1. The molecule has 2 saturated heterocycles. The highest BCUT2D eigenvalue weighted by atomic mass is 32.1. The van der Waals surface area contributed by atoms with E-state index in [4.69, 9.17) is 0 Å². The van der Waals surface area contributed by atoms with Crippen LogP contribution in [0, 0.1) is 0 Å². The van der Waals surface area contributed by atoms with Gasteiger partial charge in [-0.15, -0.1) is 11.3 Å². The van der Waals surface area contributed by atoms with Crippen LogP contribution >= 0.6 is 11.3 Å². The molecular formula is C16H21N5OS. The summed E-state index contributed by atoms with van der Waals surface area (Å²) in [4.78, 5) is 28.3. The summed E-state index contributed by atoms with van der Waals surface area (Å²) in [6.07, 6.45) is 3.57. The van der Waals surface area contributed by atoms with Crippen LogP contribution in [0.2, 0.25) is 0 Å². The van der Waals surface area contributed by atoms with E-state index in [0.29, 0.717) is 0 Å². The maximum atomic E-state index is 13.0. The van der Waals surface area contributed by atoms with Crippen molar-refractivity contribution in [3.8, 4) is 0 Å². The third-order valence-corrected chi connectivity index (χ3v) is 5.75. The number of amides is 1. The number of carbonyl (C=O) groups excluding carboxylic acids is 1. The Balaban J connectivity index is 1.59. The number of hydrogen-bond donors (Lipinski definition) is 0. The predicted octanol–water partition coefficient (Wildman–Crippen LogP) is 1.43. The van der Waals surface area contributed by atoms with Crippen LogP contribution in [-0.2, 0) is 4.79 Å². The number of thiophene rings is 1.